The largest absolute Gasteiger partial charge is 0.465 e. The molecule has 1 aromatic carbocycles. The van der Waals surface area contributed by atoms with Crippen molar-refractivity contribution < 1.29 is 14.3 Å². The lowest BCUT2D eigenvalue weighted by Gasteiger charge is -2.05. The molecule has 7 nitrogen and oxygen atoms in total. The van der Waals surface area contributed by atoms with E-state index in [2.05, 4.69) is 32.5 Å². The van der Waals surface area contributed by atoms with Gasteiger partial charge in [-0.25, -0.2) is 4.79 Å². The van der Waals surface area contributed by atoms with Crippen molar-refractivity contribution in [3.63, 3.8) is 0 Å². The number of methoxy groups -OCH3 is 1. The number of amides is 1. The van der Waals surface area contributed by atoms with Gasteiger partial charge in [-0.1, -0.05) is 30.0 Å². The third-order valence-electron chi connectivity index (χ3n) is 2.85. The van der Waals surface area contributed by atoms with Gasteiger partial charge in [0.15, 0.2) is 4.34 Å². The van der Waals surface area contributed by atoms with E-state index < -0.39 is 5.97 Å². The van der Waals surface area contributed by atoms with E-state index in [1.165, 1.54) is 30.2 Å². The van der Waals surface area contributed by atoms with Crippen LogP contribution in [0.2, 0.25) is 0 Å². The normalized spacial score (nSPS) is 10.2. The Labute approximate surface area is 148 Å². The number of hydrogen-bond donors (Lipinski definition) is 2. The van der Waals surface area contributed by atoms with Crippen molar-refractivity contribution in [2.24, 2.45) is 0 Å². The van der Waals surface area contributed by atoms with Gasteiger partial charge >= 0.3 is 5.97 Å². The van der Waals surface area contributed by atoms with Crippen LogP contribution in [0, 0.1) is 0 Å². The third kappa shape index (κ3) is 5.50. The van der Waals surface area contributed by atoms with E-state index in [1.54, 1.807) is 24.3 Å². The molecule has 128 valence electrons. The topological polar surface area (TPSA) is 93.2 Å². The number of thioether (sulfide) groups is 1. The molecular weight excluding hydrogens is 348 g/mol. The number of nitrogens with zero attached hydrogens (tertiary/aromatic N) is 2. The Morgan fingerprint density at radius 3 is 2.67 bits per heavy atom. The maximum Gasteiger partial charge on any atom is 0.337 e. The van der Waals surface area contributed by atoms with E-state index in [0.717, 1.165) is 22.4 Å². The van der Waals surface area contributed by atoms with Crippen LogP contribution < -0.4 is 10.6 Å². The molecule has 0 aliphatic heterocycles. The highest BCUT2D eigenvalue weighted by molar-refractivity contribution is 8.01. The fraction of sp³-hybridized carbons (Fsp3) is 0.333. The van der Waals surface area contributed by atoms with Gasteiger partial charge in [0, 0.05) is 12.2 Å². The first kappa shape index (κ1) is 18.2. The van der Waals surface area contributed by atoms with Crippen LogP contribution in [0.15, 0.2) is 28.6 Å². The SMILES string of the molecule is CCCNc1nnc(SCC(=O)Nc2ccc(C(=O)OC)cc2)s1. The lowest BCUT2D eigenvalue weighted by molar-refractivity contribution is -0.113. The number of anilines is 2. The van der Waals surface area contributed by atoms with Gasteiger partial charge in [0.1, 0.15) is 0 Å². The summed E-state index contributed by atoms with van der Waals surface area (Å²) in [5.41, 5.74) is 1.06. The Hall–Kier alpha value is -2.13. The zero-order valence-corrected chi connectivity index (χ0v) is 15.0. The minimum atomic E-state index is -0.410. The Morgan fingerprint density at radius 1 is 1.25 bits per heavy atom. The maximum atomic E-state index is 12.0. The molecule has 0 saturated carbocycles. The summed E-state index contributed by atoms with van der Waals surface area (Å²) in [7, 11) is 1.33. The molecule has 0 aliphatic rings. The summed E-state index contributed by atoms with van der Waals surface area (Å²) in [5.74, 6) is -0.322. The predicted molar refractivity (Wildman–Crippen MR) is 95.8 cm³/mol. The van der Waals surface area contributed by atoms with Crippen LogP contribution in [0.5, 0.6) is 0 Å². The van der Waals surface area contributed by atoms with Gasteiger partial charge in [-0.15, -0.1) is 10.2 Å². The highest BCUT2D eigenvalue weighted by atomic mass is 32.2. The van der Waals surface area contributed by atoms with Crippen molar-refractivity contribution in [2.45, 2.75) is 17.7 Å². The van der Waals surface area contributed by atoms with Crippen LogP contribution in [0.25, 0.3) is 0 Å². The fourth-order valence-corrected chi connectivity index (χ4v) is 3.28. The molecule has 0 aliphatic carbocycles. The summed E-state index contributed by atoms with van der Waals surface area (Å²) >= 11 is 2.76. The average Bonchev–Trinajstić information content (AvgIpc) is 3.06. The second-order valence-corrected chi connectivity index (χ2v) is 6.91. The van der Waals surface area contributed by atoms with E-state index in [-0.39, 0.29) is 11.7 Å². The van der Waals surface area contributed by atoms with Crippen LogP contribution >= 0.6 is 23.1 Å². The molecule has 2 aromatic rings. The molecule has 1 aromatic heterocycles. The van der Waals surface area contributed by atoms with E-state index in [1.807, 2.05) is 0 Å². The molecule has 24 heavy (non-hydrogen) atoms. The summed E-state index contributed by atoms with van der Waals surface area (Å²) < 4.78 is 5.37. The molecule has 9 heteroatoms. The fourth-order valence-electron chi connectivity index (χ4n) is 1.70. The van der Waals surface area contributed by atoms with E-state index >= 15 is 0 Å². The van der Waals surface area contributed by atoms with Crippen molar-refractivity contribution in [1.82, 2.24) is 10.2 Å². The molecular formula is C15H18N4O3S2. The van der Waals surface area contributed by atoms with Gasteiger partial charge in [0.05, 0.1) is 18.4 Å². The van der Waals surface area contributed by atoms with E-state index in [9.17, 15) is 9.59 Å². The number of aromatic nitrogens is 2. The number of esters is 1. The number of carbonyl (C=O) groups is 2. The van der Waals surface area contributed by atoms with Gasteiger partial charge in [-0.05, 0) is 30.7 Å². The van der Waals surface area contributed by atoms with Gasteiger partial charge in [0.2, 0.25) is 11.0 Å². The minimum absolute atomic E-state index is 0.149. The molecule has 2 rings (SSSR count). The summed E-state index contributed by atoms with van der Waals surface area (Å²) in [5, 5.41) is 14.7. The highest BCUT2D eigenvalue weighted by Crippen LogP contribution is 2.25. The minimum Gasteiger partial charge on any atom is -0.465 e. The zero-order chi connectivity index (χ0) is 17.4. The Balaban J connectivity index is 1.80. The standard InChI is InChI=1S/C15H18N4O3S2/c1-3-8-16-14-18-19-15(24-14)23-9-12(20)17-11-6-4-10(5-7-11)13(21)22-2/h4-7H,3,8-9H2,1-2H3,(H,16,18)(H,17,20). The third-order valence-corrected chi connectivity index (χ3v) is 4.86. The van der Waals surface area contributed by atoms with Gasteiger partial charge in [0.25, 0.3) is 0 Å². The van der Waals surface area contributed by atoms with Crippen LogP contribution in [0.4, 0.5) is 10.8 Å². The predicted octanol–water partition coefficient (Wildman–Crippen LogP) is 2.88. The van der Waals surface area contributed by atoms with Crippen molar-refractivity contribution in [3.05, 3.63) is 29.8 Å². The Morgan fingerprint density at radius 2 is 2.00 bits per heavy atom. The molecule has 0 unspecified atom stereocenters. The molecule has 0 atom stereocenters. The Bertz CT molecular complexity index is 688. The van der Waals surface area contributed by atoms with E-state index in [4.69, 9.17) is 0 Å². The molecule has 0 fully saturated rings. The zero-order valence-electron chi connectivity index (χ0n) is 13.4. The molecule has 1 amide bonds. The Kier molecular flexibility index (Phi) is 7.01. The first-order chi connectivity index (χ1) is 11.6. The van der Waals surface area contributed by atoms with Crippen molar-refractivity contribution in [1.29, 1.82) is 0 Å². The van der Waals surface area contributed by atoms with Crippen LogP contribution in [-0.2, 0) is 9.53 Å². The smallest absolute Gasteiger partial charge is 0.337 e. The highest BCUT2D eigenvalue weighted by Gasteiger charge is 2.09. The summed E-state index contributed by atoms with van der Waals surface area (Å²) in [6.45, 7) is 2.92. The first-order valence-corrected chi connectivity index (χ1v) is 9.11. The number of ether oxygens (including phenoxy) is 1. The molecule has 0 bridgehead atoms. The van der Waals surface area contributed by atoms with Gasteiger partial charge in [-0.3, -0.25) is 4.79 Å². The molecule has 0 spiro atoms. The van der Waals surface area contributed by atoms with Crippen molar-refractivity contribution >= 4 is 45.8 Å². The lowest BCUT2D eigenvalue weighted by atomic mass is 10.2. The summed E-state index contributed by atoms with van der Waals surface area (Å²) in [6, 6.07) is 6.52. The average molecular weight is 366 g/mol. The number of nitrogens with one attached hydrogen (secondary N) is 2. The number of benzene rings is 1. The number of rotatable bonds is 8. The molecule has 1 heterocycles. The number of carbonyl (C=O) groups excluding carboxylic acids is 2. The first-order valence-electron chi connectivity index (χ1n) is 7.30. The van der Waals surface area contributed by atoms with Crippen LogP contribution in [0.1, 0.15) is 23.7 Å². The summed E-state index contributed by atoms with van der Waals surface area (Å²) in [4.78, 5) is 23.3. The lowest BCUT2D eigenvalue weighted by Crippen LogP contribution is -2.14. The van der Waals surface area contributed by atoms with Crippen molar-refractivity contribution in [3.8, 4) is 0 Å². The van der Waals surface area contributed by atoms with Crippen LogP contribution in [-0.4, -0.2) is 41.5 Å². The monoisotopic (exact) mass is 366 g/mol. The maximum absolute atomic E-state index is 12.0. The van der Waals surface area contributed by atoms with Gasteiger partial charge < -0.3 is 15.4 Å². The second kappa shape index (κ2) is 9.24. The quantitative estimate of drug-likeness (QED) is 0.548. The summed E-state index contributed by atoms with van der Waals surface area (Å²) in [6.07, 6.45) is 1.01. The number of hydrogen-bond acceptors (Lipinski definition) is 8. The van der Waals surface area contributed by atoms with E-state index in [0.29, 0.717) is 11.3 Å². The van der Waals surface area contributed by atoms with Crippen molar-refractivity contribution in [2.75, 3.05) is 30.0 Å². The molecule has 2 N–H and O–H groups in total. The molecule has 0 saturated heterocycles. The van der Waals surface area contributed by atoms with Crippen LogP contribution in [0.3, 0.4) is 0 Å². The van der Waals surface area contributed by atoms with Gasteiger partial charge in [-0.2, -0.15) is 0 Å². The molecule has 0 radical (unpaired) electrons. The second-order valence-electron chi connectivity index (χ2n) is 4.71.